The molecule has 1 saturated heterocycles. The van der Waals surface area contributed by atoms with E-state index in [4.69, 9.17) is 0 Å². The van der Waals surface area contributed by atoms with E-state index in [-0.39, 0.29) is 11.8 Å². The molecule has 1 fully saturated rings. The van der Waals surface area contributed by atoms with E-state index in [1.807, 2.05) is 12.3 Å². The number of rotatable bonds is 4. The van der Waals surface area contributed by atoms with Gasteiger partial charge in [-0.05, 0) is 43.4 Å². The predicted octanol–water partition coefficient (Wildman–Crippen LogP) is 1.83. The Balaban J connectivity index is 1.35. The van der Waals surface area contributed by atoms with Crippen molar-refractivity contribution in [2.24, 2.45) is 5.92 Å². The molecular weight excluding hydrogens is 302 g/mol. The van der Waals surface area contributed by atoms with Crippen molar-refractivity contribution in [3.8, 4) is 0 Å². The number of fused-ring (bicyclic) bond motifs is 1. The maximum atomic E-state index is 12.5. The number of nitrogens with zero attached hydrogens (tertiary/aromatic N) is 3. The molecule has 1 aliphatic carbocycles. The van der Waals surface area contributed by atoms with Crippen LogP contribution in [0.25, 0.3) is 0 Å². The van der Waals surface area contributed by atoms with Gasteiger partial charge in [0, 0.05) is 43.9 Å². The Morgan fingerprint density at radius 2 is 2.21 bits per heavy atom. The van der Waals surface area contributed by atoms with E-state index >= 15 is 0 Å². The van der Waals surface area contributed by atoms with Crippen LogP contribution in [0.2, 0.25) is 0 Å². The molecule has 6 heteroatoms. The highest BCUT2D eigenvalue weighted by molar-refractivity contribution is 5.79. The molecule has 2 aromatic heterocycles. The van der Waals surface area contributed by atoms with E-state index in [0.29, 0.717) is 6.54 Å². The van der Waals surface area contributed by atoms with Crippen LogP contribution in [0.4, 0.5) is 5.82 Å². The third-order valence-electron chi connectivity index (χ3n) is 5.07. The minimum atomic E-state index is 0.0397. The van der Waals surface area contributed by atoms with Crippen LogP contribution in [0.5, 0.6) is 0 Å². The van der Waals surface area contributed by atoms with Crippen LogP contribution in [0, 0.1) is 5.92 Å². The number of pyridine rings is 1. The average Bonchev–Trinajstić information content (AvgIpc) is 3.30. The fourth-order valence-corrected chi connectivity index (χ4v) is 3.65. The molecule has 2 aromatic rings. The second-order valence-corrected chi connectivity index (χ2v) is 6.70. The first-order valence-electron chi connectivity index (χ1n) is 8.78. The van der Waals surface area contributed by atoms with Gasteiger partial charge in [-0.15, -0.1) is 0 Å². The molecule has 1 amide bonds. The van der Waals surface area contributed by atoms with E-state index in [1.165, 1.54) is 12.8 Å². The fraction of sp³-hybridized carbons (Fsp3) is 0.500. The van der Waals surface area contributed by atoms with Crippen molar-refractivity contribution in [3.63, 3.8) is 0 Å². The summed E-state index contributed by atoms with van der Waals surface area (Å²) >= 11 is 0. The number of H-pyrrole nitrogens is 1. The number of anilines is 1. The van der Waals surface area contributed by atoms with Gasteiger partial charge in [-0.3, -0.25) is 4.79 Å². The Kier molecular flexibility index (Phi) is 4.19. The number of aryl methyl sites for hydroxylation is 1. The molecule has 126 valence electrons. The van der Waals surface area contributed by atoms with Gasteiger partial charge in [0.05, 0.1) is 12.0 Å². The van der Waals surface area contributed by atoms with E-state index in [0.717, 1.165) is 55.1 Å². The van der Waals surface area contributed by atoms with Gasteiger partial charge in [0.25, 0.3) is 0 Å². The van der Waals surface area contributed by atoms with Crippen molar-refractivity contribution < 1.29 is 4.79 Å². The number of aromatic nitrogens is 3. The van der Waals surface area contributed by atoms with Crippen molar-refractivity contribution in [1.29, 1.82) is 0 Å². The molecule has 0 bridgehead atoms. The number of amides is 1. The highest BCUT2D eigenvalue weighted by atomic mass is 16.1. The Bertz CT molecular complexity index is 720. The van der Waals surface area contributed by atoms with Crippen LogP contribution in [-0.4, -0.2) is 33.9 Å². The van der Waals surface area contributed by atoms with Gasteiger partial charge in [0.1, 0.15) is 5.82 Å². The Morgan fingerprint density at radius 3 is 3.08 bits per heavy atom. The van der Waals surface area contributed by atoms with Gasteiger partial charge < -0.3 is 15.2 Å². The third-order valence-corrected chi connectivity index (χ3v) is 5.07. The quantitative estimate of drug-likeness (QED) is 0.899. The normalized spacial score (nSPS) is 20.0. The summed E-state index contributed by atoms with van der Waals surface area (Å²) in [5.74, 6) is 1.20. The maximum Gasteiger partial charge on any atom is 0.223 e. The van der Waals surface area contributed by atoms with Gasteiger partial charge in [-0.25, -0.2) is 9.97 Å². The van der Waals surface area contributed by atoms with E-state index < -0.39 is 0 Å². The molecule has 0 aromatic carbocycles. The smallest absolute Gasteiger partial charge is 0.223 e. The van der Waals surface area contributed by atoms with Gasteiger partial charge in [0.15, 0.2) is 0 Å². The SMILES string of the molecule is O=C(NCc1ccnc(N2CCCC2)c1)C1CCc2nc[nH]c2C1. The lowest BCUT2D eigenvalue weighted by atomic mass is 9.89. The molecule has 0 radical (unpaired) electrons. The zero-order valence-electron chi connectivity index (χ0n) is 13.8. The minimum Gasteiger partial charge on any atom is -0.357 e. The van der Waals surface area contributed by atoms with Crippen molar-refractivity contribution >= 4 is 11.7 Å². The van der Waals surface area contributed by atoms with E-state index in [2.05, 4.69) is 31.2 Å². The first-order valence-corrected chi connectivity index (χ1v) is 8.78. The molecule has 6 nitrogen and oxygen atoms in total. The number of imidazole rings is 1. The van der Waals surface area contributed by atoms with Crippen molar-refractivity contribution in [1.82, 2.24) is 20.3 Å². The van der Waals surface area contributed by atoms with Crippen LogP contribution >= 0.6 is 0 Å². The van der Waals surface area contributed by atoms with Crippen molar-refractivity contribution in [2.75, 3.05) is 18.0 Å². The molecule has 0 spiro atoms. The highest BCUT2D eigenvalue weighted by Crippen LogP contribution is 2.23. The van der Waals surface area contributed by atoms with Crippen molar-refractivity contribution in [2.45, 2.75) is 38.6 Å². The molecule has 2 aliphatic rings. The van der Waals surface area contributed by atoms with Crippen LogP contribution in [0.3, 0.4) is 0 Å². The van der Waals surface area contributed by atoms with Crippen molar-refractivity contribution in [3.05, 3.63) is 41.6 Å². The Hall–Kier alpha value is -2.37. The summed E-state index contributed by atoms with van der Waals surface area (Å²) in [6.45, 7) is 2.73. The van der Waals surface area contributed by atoms with Crippen LogP contribution in [0.15, 0.2) is 24.7 Å². The molecular formula is C18H23N5O. The molecule has 0 saturated carbocycles. The molecule has 4 rings (SSSR count). The lowest BCUT2D eigenvalue weighted by Gasteiger charge is -2.21. The minimum absolute atomic E-state index is 0.0397. The second kappa shape index (κ2) is 6.63. The number of aromatic amines is 1. The standard InChI is InChI=1S/C18H23N5O/c24-18(14-3-4-15-16(10-14)22-12-21-15)20-11-13-5-6-19-17(9-13)23-7-1-2-8-23/h5-6,9,12,14H,1-4,7-8,10-11H2,(H,20,24)(H,21,22). The number of nitrogens with one attached hydrogen (secondary N) is 2. The largest absolute Gasteiger partial charge is 0.357 e. The Morgan fingerprint density at radius 1 is 1.33 bits per heavy atom. The summed E-state index contributed by atoms with van der Waals surface area (Å²) in [7, 11) is 0. The monoisotopic (exact) mass is 325 g/mol. The van der Waals surface area contributed by atoms with Crippen LogP contribution in [-0.2, 0) is 24.2 Å². The average molecular weight is 325 g/mol. The van der Waals surface area contributed by atoms with Gasteiger partial charge in [-0.1, -0.05) is 0 Å². The summed E-state index contributed by atoms with van der Waals surface area (Å²) in [4.78, 5) is 26.7. The number of hydrogen-bond donors (Lipinski definition) is 2. The molecule has 1 atom stereocenters. The van der Waals surface area contributed by atoms with Gasteiger partial charge in [-0.2, -0.15) is 0 Å². The fourth-order valence-electron chi connectivity index (χ4n) is 3.65. The van der Waals surface area contributed by atoms with Gasteiger partial charge >= 0.3 is 0 Å². The topological polar surface area (TPSA) is 73.9 Å². The molecule has 2 N–H and O–H groups in total. The highest BCUT2D eigenvalue weighted by Gasteiger charge is 2.26. The van der Waals surface area contributed by atoms with Crippen LogP contribution in [0.1, 0.15) is 36.2 Å². The summed E-state index contributed by atoms with van der Waals surface area (Å²) in [5, 5.41) is 3.09. The molecule has 3 heterocycles. The lowest BCUT2D eigenvalue weighted by Crippen LogP contribution is -2.33. The van der Waals surface area contributed by atoms with Crippen LogP contribution < -0.4 is 10.2 Å². The third kappa shape index (κ3) is 3.13. The molecule has 24 heavy (non-hydrogen) atoms. The molecule has 1 unspecified atom stereocenters. The summed E-state index contributed by atoms with van der Waals surface area (Å²) in [6, 6.07) is 4.08. The number of carbonyl (C=O) groups is 1. The first-order chi connectivity index (χ1) is 11.8. The summed E-state index contributed by atoms with van der Waals surface area (Å²) < 4.78 is 0. The predicted molar refractivity (Wildman–Crippen MR) is 91.6 cm³/mol. The van der Waals surface area contributed by atoms with Gasteiger partial charge in [0.2, 0.25) is 5.91 Å². The zero-order valence-corrected chi connectivity index (χ0v) is 13.8. The maximum absolute atomic E-state index is 12.5. The Labute approximate surface area is 141 Å². The second-order valence-electron chi connectivity index (χ2n) is 6.70. The summed E-state index contributed by atoms with van der Waals surface area (Å²) in [6.07, 6.45) is 8.55. The van der Waals surface area contributed by atoms with E-state index in [9.17, 15) is 4.79 Å². The number of carbonyl (C=O) groups excluding carboxylic acids is 1. The molecule has 1 aliphatic heterocycles. The lowest BCUT2D eigenvalue weighted by molar-refractivity contribution is -0.125. The van der Waals surface area contributed by atoms with E-state index in [1.54, 1.807) is 6.33 Å². The first kappa shape index (κ1) is 15.2. The zero-order chi connectivity index (χ0) is 16.4. The summed E-state index contributed by atoms with van der Waals surface area (Å²) in [5.41, 5.74) is 3.34. The number of hydrogen-bond acceptors (Lipinski definition) is 4.